The molecule has 8 nitrogen and oxygen atoms in total. The van der Waals surface area contributed by atoms with Gasteiger partial charge in [-0.1, -0.05) is 16.8 Å². The number of hydrogen-bond donors (Lipinski definition) is 2. The summed E-state index contributed by atoms with van der Waals surface area (Å²) in [6, 6.07) is 6.25. The molecule has 0 fully saturated rings. The van der Waals surface area contributed by atoms with E-state index in [4.69, 9.17) is 4.52 Å². The lowest BCUT2D eigenvalue weighted by molar-refractivity contribution is -0.121. The molecular weight excluding hydrogens is 358 g/mol. The smallest absolute Gasteiger partial charge is 0.267 e. The predicted molar refractivity (Wildman–Crippen MR) is 105 cm³/mol. The molecule has 3 aromatic heterocycles. The number of hydrogen-bond acceptors (Lipinski definition) is 5. The second-order valence-corrected chi connectivity index (χ2v) is 6.96. The van der Waals surface area contributed by atoms with E-state index in [2.05, 4.69) is 45.6 Å². The Bertz CT molecular complexity index is 1250. The fourth-order valence-corrected chi connectivity index (χ4v) is 3.39. The summed E-state index contributed by atoms with van der Waals surface area (Å²) in [5.74, 6) is 0.174. The number of nitrogens with zero attached hydrogens (tertiary/aromatic N) is 3. The number of fused-ring (bicyclic) bond motifs is 2. The Kier molecular flexibility index (Phi) is 4.46. The van der Waals surface area contributed by atoms with Crippen molar-refractivity contribution in [1.29, 1.82) is 0 Å². The summed E-state index contributed by atoms with van der Waals surface area (Å²) in [5, 5.41) is 8.13. The predicted octanol–water partition coefficient (Wildman–Crippen LogP) is 2.15. The van der Waals surface area contributed by atoms with Gasteiger partial charge in [-0.15, -0.1) is 0 Å². The first kappa shape index (κ1) is 18.0. The third kappa shape index (κ3) is 3.17. The summed E-state index contributed by atoms with van der Waals surface area (Å²) in [6.45, 7) is 5.79. The van der Waals surface area contributed by atoms with Gasteiger partial charge in [-0.25, -0.2) is 0 Å². The van der Waals surface area contributed by atoms with Crippen LogP contribution in [0.15, 0.2) is 33.7 Å². The van der Waals surface area contributed by atoms with Gasteiger partial charge < -0.3 is 14.8 Å². The lowest BCUT2D eigenvalue weighted by Crippen LogP contribution is -2.34. The van der Waals surface area contributed by atoms with Gasteiger partial charge in [0, 0.05) is 23.6 Å². The number of amides is 1. The van der Waals surface area contributed by atoms with Crippen LogP contribution in [-0.2, 0) is 17.8 Å². The SMILES string of the molecule is Cc1ccc2[nH]cc(CCNC(=O)Cn3c(C)nc4onc(C)c4c3=O)c2c1. The van der Waals surface area contributed by atoms with Crippen LogP contribution in [0.2, 0.25) is 0 Å². The van der Waals surface area contributed by atoms with E-state index < -0.39 is 0 Å². The summed E-state index contributed by atoms with van der Waals surface area (Å²) >= 11 is 0. The van der Waals surface area contributed by atoms with Gasteiger partial charge in [0.25, 0.3) is 11.3 Å². The van der Waals surface area contributed by atoms with E-state index in [0.717, 1.165) is 11.1 Å². The minimum Gasteiger partial charge on any atom is -0.361 e. The van der Waals surface area contributed by atoms with Gasteiger partial charge in [0.2, 0.25) is 5.91 Å². The molecule has 8 heteroatoms. The third-order valence-electron chi connectivity index (χ3n) is 4.90. The van der Waals surface area contributed by atoms with Crippen molar-refractivity contribution in [2.24, 2.45) is 0 Å². The molecular formula is C20H21N5O3. The molecule has 2 N–H and O–H groups in total. The zero-order chi connectivity index (χ0) is 19.8. The van der Waals surface area contributed by atoms with Crippen LogP contribution in [0.25, 0.3) is 22.0 Å². The van der Waals surface area contributed by atoms with E-state index in [-0.39, 0.29) is 23.7 Å². The number of carbonyl (C=O) groups is 1. The molecule has 0 spiro atoms. The summed E-state index contributed by atoms with van der Waals surface area (Å²) < 4.78 is 6.39. The Labute approximate surface area is 160 Å². The van der Waals surface area contributed by atoms with Crippen molar-refractivity contribution in [3.8, 4) is 0 Å². The average molecular weight is 379 g/mol. The number of carbonyl (C=O) groups excluding carboxylic acids is 1. The molecule has 0 saturated carbocycles. The Morgan fingerprint density at radius 3 is 2.93 bits per heavy atom. The molecule has 4 aromatic rings. The van der Waals surface area contributed by atoms with E-state index in [1.54, 1.807) is 13.8 Å². The first-order chi connectivity index (χ1) is 13.4. The fourth-order valence-electron chi connectivity index (χ4n) is 3.39. The van der Waals surface area contributed by atoms with Crippen LogP contribution in [0.5, 0.6) is 0 Å². The van der Waals surface area contributed by atoms with Crippen molar-refractivity contribution in [2.45, 2.75) is 33.7 Å². The van der Waals surface area contributed by atoms with Crippen molar-refractivity contribution >= 4 is 27.9 Å². The van der Waals surface area contributed by atoms with Gasteiger partial charge in [-0.2, -0.15) is 4.98 Å². The Hall–Kier alpha value is -3.42. The number of aryl methyl sites for hydroxylation is 3. The maximum atomic E-state index is 12.6. The number of nitrogens with one attached hydrogen (secondary N) is 2. The fraction of sp³-hybridized carbons (Fsp3) is 0.300. The van der Waals surface area contributed by atoms with Crippen molar-refractivity contribution < 1.29 is 9.32 Å². The number of H-pyrrole nitrogens is 1. The molecule has 0 radical (unpaired) electrons. The normalized spacial score (nSPS) is 11.4. The first-order valence-corrected chi connectivity index (χ1v) is 9.11. The highest BCUT2D eigenvalue weighted by molar-refractivity contribution is 5.84. The molecule has 0 aliphatic carbocycles. The topological polar surface area (TPSA) is 106 Å². The molecule has 0 aliphatic rings. The quantitative estimate of drug-likeness (QED) is 0.553. The number of benzene rings is 1. The van der Waals surface area contributed by atoms with Crippen LogP contribution in [0.4, 0.5) is 0 Å². The zero-order valence-electron chi connectivity index (χ0n) is 16.0. The second-order valence-electron chi connectivity index (χ2n) is 6.96. The van der Waals surface area contributed by atoms with E-state index in [1.165, 1.54) is 15.5 Å². The van der Waals surface area contributed by atoms with Gasteiger partial charge in [0.15, 0.2) is 0 Å². The molecule has 1 aromatic carbocycles. The summed E-state index contributed by atoms with van der Waals surface area (Å²) in [5.41, 5.74) is 3.78. The molecule has 4 rings (SSSR count). The number of aromatic nitrogens is 4. The second kappa shape index (κ2) is 6.95. The van der Waals surface area contributed by atoms with Crippen molar-refractivity contribution in [1.82, 2.24) is 25.0 Å². The summed E-state index contributed by atoms with van der Waals surface area (Å²) in [4.78, 5) is 32.5. The van der Waals surface area contributed by atoms with Crippen LogP contribution in [0.1, 0.15) is 22.6 Å². The lowest BCUT2D eigenvalue weighted by Gasteiger charge is -2.09. The largest absolute Gasteiger partial charge is 0.361 e. The van der Waals surface area contributed by atoms with E-state index in [9.17, 15) is 9.59 Å². The molecule has 28 heavy (non-hydrogen) atoms. The minimum atomic E-state index is -0.316. The standard InChI is InChI=1S/C20H21N5O3/c1-11-4-5-16-15(8-11)14(9-22-16)6-7-21-17(26)10-25-13(3)23-19-18(20(25)27)12(2)24-28-19/h4-5,8-9,22H,6-7,10H2,1-3H3,(H,21,26). The van der Waals surface area contributed by atoms with Gasteiger partial charge in [-0.05, 0) is 44.9 Å². The molecule has 144 valence electrons. The molecule has 0 saturated heterocycles. The average Bonchev–Trinajstić information content (AvgIpc) is 3.22. The molecule has 3 heterocycles. The van der Waals surface area contributed by atoms with Crippen molar-refractivity contribution in [3.63, 3.8) is 0 Å². The molecule has 0 bridgehead atoms. The van der Waals surface area contributed by atoms with Gasteiger partial charge in [0.1, 0.15) is 17.8 Å². The zero-order valence-corrected chi connectivity index (χ0v) is 16.0. The first-order valence-electron chi connectivity index (χ1n) is 9.11. The molecule has 0 atom stereocenters. The van der Waals surface area contributed by atoms with Gasteiger partial charge in [0.05, 0.1) is 5.69 Å². The van der Waals surface area contributed by atoms with Crippen LogP contribution in [-0.4, -0.2) is 32.1 Å². The molecule has 0 aliphatic heterocycles. The Balaban J connectivity index is 1.45. The van der Waals surface area contributed by atoms with Crippen LogP contribution in [0, 0.1) is 20.8 Å². The van der Waals surface area contributed by atoms with Crippen LogP contribution in [0.3, 0.4) is 0 Å². The number of rotatable bonds is 5. The molecule has 1 amide bonds. The molecule has 0 unspecified atom stereocenters. The summed E-state index contributed by atoms with van der Waals surface area (Å²) in [7, 11) is 0. The highest BCUT2D eigenvalue weighted by Crippen LogP contribution is 2.19. The highest BCUT2D eigenvalue weighted by Gasteiger charge is 2.16. The van der Waals surface area contributed by atoms with E-state index >= 15 is 0 Å². The monoisotopic (exact) mass is 379 g/mol. The maximum absolute atomic E-state index is 12.6. The lowest BCUT2D eigenvalue weighted by atomic mass is 10.1. The Morgan fingerprint density at radius 2 is 2.11 bits per heavy atom. The van der Waals surface area contributed by atoms with E-state index in [1.807, 2.05) is 6.20 Å². The summed E-state index contributed by atoms with van der Waals surface area (Å²) in [6.07, 6.45) is 2.67. The highest BCUT2D eigenvalue weighted by atomic mass is 16.5. The van der Waals surface area contributed by atoms with Crippen molar-refractivity contribution in [3.05, 3.63) is 57.4 Å². The van der Waals surface area contributed by atoms with E-state index in [0.29, 0.717) is 29.9 Å². The van der Waals surface area contributed by atoms with Crippen LogP contribution >= 0.6 is 0 Å². The van der Waals surface area contributed by atoms with Gasteiger partial charge in [-0.3, -0.25) is 14.2 Å². The van der Waals surface area contributed by atoms with Crippen molar-refractivity contribution in [2.75, 3.05) is 6.54 Å². The maximum Gasteiger partial charge on any atom is 0.267 e. The number of aromatic amines is 1. The van der Waals surface area contributed by atoms with Crippen LogP contribution < -0.4 is 10.9 Å². The Morgan fingerprint density at radius 1 is 1.29 bits per heavy atom. The van der Waals surface area contributed by atoms with Gasteiger partial charge >= 0.3 is 0 Å². The third-order valence-corrected chi connectivity index (χ3v) is 4.90. The minimum absolute atomic E-state index is 0.0920.